The maximum Gasteiger partial charge on any atom is 0.414 e. The standard InChI is InChI=1S/C19H21NO4/c1-4-20(19(22)23-5-2)16-13-9-10-14(3)17(16)24-18(21)15-11-7-6-8-12-15/h6-13H,4-5H2,1-3H3. The van der Waals surface area contributed by atoms with Crippen LogP contribution < -0.4 is 9.64 Å². The van der Waals surface area contributed by atoms with Gasteiger partial charge in [0.05, 0.1) is 17.9 Å². The number of ether oxygens (including phenoxy) is 2. The highest BCUT2D eigenvalue weighted by Crippen LogP contribution is 2.33. The van der Waals surface area contributed by atoms with Crippen molar-refractivity contribution >= 4 is 17.7 Å². The molecule has 0 heterocycles. The Bertz CT molecular complexity index is 713. The van der Waals surface area contributed by atoms with Crippen molar-refractivity contribution in [3.05, 3.63) is 59.7 Å². The minimum atomic E-state index is -0.470. The minimum Gasteiger partial charge on any atom is -0.449 e. The highest BCUT2D eigenvalue weighted by molar-refractivity contribution is 5.94. The molecule has 2 aromatic rings. The molecule has 2 rings (SSSR count). The highest BCUT2D eigenvalue weighted by Gasteiger charge is 2.22. The number of aryl methyl sites for hydroxylation is 1. The van der Waals surface area contributed by atoms with E-state index in [9.17, 15) is 9.59 Å². The molecule has 0 unspecified atom stereocenters. The van der Waals surface area contributed by atoms with Crippen molar-refractivity contribution in [3.63, 3.8) is 0 Å². The van der Waals surface area contributed by atoms with Gasteiger partial charge in [0.2, 0.25) is 0 Å². The fraction of sp³-hybridized carbons (Fsp3) is 0.263. The molecule has 0 fully saturated rings. The molecule has 0 N–H and O–H groups in total. The van der Waals surface area contributed by atoms with E-state index in [0.29, 0.717) is 23.5 Å². The number of carbonyl (C=O) groups is 2. The van der Waals surface area contributed by atoms with Crippen molar-refractivity contribution < 1.29 is 19.1 Å². The summed E-state index contributed by atoms with van der Waals surface area (Å²) in [7, 11) is 0. The second-order valence-electron chi connectivity index (χ2n) is 5.12. The zero-order valence-corrected chi connectivity index (χ0v) is 14.1. The van der Waals surface area contributed by atoms with Gasteiger partial charge in [0, 0.05) is 6.54 Å². The van der Waals surface area contributed by atoms with Crippen LogP contribution >= 0.6 is 0 Å². The molecule has 5 heteroatoms. The molecule has 0 saturated carbocycles. The van der Waals surface area contributed by atoms with Crippen molar-refractivity contribution in [1.82, 2.24) is 0 Å². The van der Waals surface area contributed by atoms with Crippen LogP contribution in [0.1, 0.15) is 29.8 Å². The summed E-state index contributed by atoms with van der Waals surface area (Å²) in [5.41, 5.74) is 1.73. The lowest BCUT2D eigenvalue weighted by Crippen LogP contribution is -2.32. The molecule has 0 saturated heterocycles. The van der Waals surface area contributed by atoms with Gasteiger partial charge < -0.3 is 9.47 Å². The van der Waals surface area contributed by atoms with Gasteiger partial charge in [-0.25, -0.2) is 9.59 Å². The molecule has 0 radical (unpaired) electrons. The first-order valence-electron chi connectivity index (χ1n) is 7.89. The minimum absolute atomic E-state index is 0.278. The van der Waals surface area contributed by atoms with E-state index in [-0.39, 0.29) is 6.61 Å². The van der Waals surface area contributed by atoms with Crippen LogP contribution in [-0.2, 0) is 4.74 Å². The van der Waals surface area contributed by atoms with Crippen molar-refractivity contribution in [2.45, 2.75) is 20.8 Å². The number of para-hydroxylation sites is 1. The third-order valence-electron chi connectivity index (χ3n) is 3.49. The van der Waals surface area contributed by atoms with Gasteiger partial charge in [0.25, 0.3) is 0 Å². The summed E-state index contributed by atoms with van der Waals surface area (Å²) in [6.45, 7) is 6.09. The fourth-order valence-corrected chi connectivity index (χ4v) is 2.31. The average Bonchev–Trinajstić information content (AvgIpc) is 2.59. The molecule has 0 aliphatic carbocycles. The summed E-state index contributed by atoms with van der Waals surface area (Å²) >= 11 is 0. The van der Waals surface area contributed by atoms with Gasteiger partial charge in [-0.15, -0.1) is 0 Å². The topological polar surface area (TPSA) is 55.8 Å². The SMILES string of the molecule is CCOC(=O)N(CC)c1cccc(C)c1OC(=O)c1ccccc1. The Morgan fingerprint density at radius 1 is 1.00 bits per heavy atom. The zero-order valence-electron chi connectivity index (χ0n) is 14.1. The lowest BCUT2D eigenvalue weighted by atomic mass is 10.1. The summed E-state index contributed by atoms with van der Waals surface area (Å²) in [5, 5.41) is 0. The number of nitrogens with zero attached hydrogens (tertiary/aromatic N) is 1. The number of benzene rings is 2. The van der Waals surface area contributed by atoms with E-state index in [2.05, 4.69) is 0 Å². The molecule has 0 atom stereocenters. The van der Waals surface area contributed by atoms with Crippen LogP contribution in [0, 0.1) is 6.92 Å². The maximum atomic E-state index is 12.4. The first kappa shape index (κ1) is 17.5. The van der Waals surface area contributed by atoms with E-state index in [4.69, 9.17) is 9.47 Å². The van der Waals surface area contributed by atoms with Gasteiger partial charge in [-0.2, -0.15) is 0 Å². The maximum absolute atomic E-state index is 12.4. The quantitative estimate of drug-likeness (QED) is 0.610. The van der Waals surface area contributed by atoms with E-state index in [0.717, 1.165) is 5.56 Å². The first-order valence-corrected chi connectivity index (χ1v) is 7.89. The molecule has 0 spiro atoms. The number of rotatable bonds is 5. The van der Waals surface area contributed by atoms with Crippen molar-refractivity contribution in [2.75, 3.05) is 18.1 Å². The fourth-order valence-electron chi connectivity index (χ4n) is 2.31. The molecule has 0 aliphatic rings. The van der Waals surface area contributed by atoms with Gasteiger partial charge in [-0.05, 0) is 44.5 Å². The summed E-state index contributed by atoms with van der Waals surface area (Å²) in [6, 6.07) is 14.1. The smallest absolute Gasteiger partial charge is 0.414 e. The second-order valence-corrected chi connectivity index (χ2v) is 5.12. The summed E-state index contributed by atoms with van der Waals surface area (Å²) in [5.74, 6) is -0.104. The molecule has 2 aromatic carbocycles. The predicted octanol–water partition coefficient (Wildman–Crippen LogP) is 4.20. The van der Waals surface area contributed by atoms with Gasteiger partial charge >= 0.3 is 12.1 Å². The summed E-state index contributed by atoms with van der Waals surface area (Å²) < 4.78 is 10.7. The van der Waals surface area contributed by atoms with Crippen molar-refractivity contribution in [1.29, 1.82) is 0 Å². The normalized spacial score (nSPS) is 10.1. The third-order valence-corrected chi connectivity index (χ3v) is 3.49. The molecular weight excluding hydrogens is 306 g/mol. The zero-order chi connectivity index (χ0) is 17.5. The number of hydrogen-bond donors (Lipinski definition) is 0. The molecule has 0 aliphatic heterocycles. The van der Waals surface area contributed by atoms with Crippen LogP contribution in [0.15, 0.2) is 48.5 Å². The molecule has 126 valence electrons. The molecule has 24 heavy (non-hydrogen) atoms. The Labute approximate surface area is 141 Å². The number of carbonyl (C=O) groups excluding carboxylic acids is 2. The highest BCUT2D eigenvalue weighted by atomic mass is 16.6. The number of amides is 1. The second kappa shape index (κ2) is 8.15. The van der Waals surface area contributed by atoms with Gasteiger partial charge in [-0.3, -0.25) is 4.90 Å². The molecule has 5 nitrogen and oxygen atoms in total. The lowest BCUT2D eigenvalue weighted by Gasteiger charge is -2.23. The Morgan fingerprint density at radius 2 is 1.71 bits per heavy atom. The van der Waals surface area contributed by atoms with E-state index < -0.39 is 12.1 Å². The van der Waals surface area contributed by atoms with Crippen LogP contribution in [0.3, 0.4) is 0 Å². The molecular formula is C19H21NO4. The average molecular weight is 327 g/mol. The molecule has 1 amide bonds. The van der Waals surface area contributed by atoms with Crippen LogP contribution in [0.2, 0.25) is 0 Å². The summed E-state index contributed by atoms with van der Waals surface area (Å²) in [6.07, 6.45) is -0.470. The van der Waals surface area contributed by atoms with E-state index >= 15 is 0 Å². The van der Waals surface area contributed by atoms with Crippen LogP contribution in [-0.4, -0.2) is 25.2 Å². The summed E-state index contributed by atoms with van der Waals surface area (Å²) in [4.78, 5) is 26.0. The van der Waals surface area contributed by atoms with Crippen LogP contribution in [0.25, 0.3) is 0 Å². The number of esters is 1. The lowest BCUT2D eigenvalue weighted by molar-refractivity contribution is 0.0733. The van der Waals surface area contributed by atoms with Crippen molar-refractivity contribution in [3.8, 4) is 5.75 Å². The van der Waals surface area contributed by atoms with Gasteiger partial charge in [0.15, 0.2) is 5.75 Å². The van der Waals surface area contributed by atoms with Gasteiger partial charge in [-0.1, -0.05) is 30.3 Å². The Morgan fingerprint density at radius 3 is 2.33 bits per heavy atom. The van der Waals surface area contributed by atoms with E-state index in [1.54, 1.807) is 37.3 Å². The first-order chi connectivity index (χ1) is 11.6. The largest absolute Gasteiger partial charge is 0.449 e. The monoisotopic (exact) mass is 327 g/mol. The molecule has 0 aromatic heterocycles. The van der Waals surface area contributed by atoms with Gasteiger partial charge in [0.1, 0.15) is 0 Å². The van der Waals surface area contributed by atoms with E-state index in [1.807, 2.05) is 32.0 Å². The van der Waals surface area contributed by atoms with Crippen LogP contribution in [0.5, 0.6) is 5.75 Å². The Hall–Kier alpha value is -2.82. The predicted molar refractivity (Wildman–Crippen MR) is 92.6 cm³/mol. The third kappa shape index (κ3) is 3.93. The Balaban J connectivity index is 2.36. The number of hydrogen-bond acceptors (Lipinski definition) is 4. The van der Waals surface area contributed by atoms with Crippen LogP contribution in [0.4, 0.5) is 10.5 Å². The molecule has 0 bridgehead atoms. The Kier molecular flexibility index (Phi) is 5.95. The van der Waals surface area contributed by atoms with E-state index in [1.165, 1.54) is 4.90 Å². The number of anilines is 1. The van der Waals surface area contributed by atoms with Crippen molar-refractivity contribution in [2.24, 2.45) is 0 Å².